The third-order valence-electron chi connectivity index (χ3n) is 5.82. The Morgan fingerprint density at radius 3 is 2.64 bits per heavy atom. The number of aliphatic hydroxyl groups excluding tert-OH is 1. The van der Waals surface area contributed by atoms with Gasteiger partial charge < -0.3 is 24.7 Å². The third kappa shape index (κ3) is 5.91. The van der Waals surface area contributed by atoms with Crippen LogP contribution in [-0.4, -0.2) is 96.5 Å². The van der Waals surface area contributed by atoms with Crippen LogP contribution in [-0.2, 0) is 11.3 Å². The van der Waals surface area contributed by atoms with Crippen LogP contribution in [0.4, 0.5) is 0 Å². The number of benzene rings is 1. The van der Waals surface area contributed by atoms with Crippen LogP contribution in [0.5, 0.6) is 5.75 Å². The molecule has 2 aliphatic heterocycles. The van der Waals surface area contributed by atoms with Gasteiger partial charge >= 0.3 is 5.97 Å². The molecule has 1 aromatic carbocycles. The number of hydrogen-bond acceptors (Lipinski definition) is 6. The van der Waals surface area contributed by atoms with Crippen LogP contribution in [0.25, 0.3) is 0 Å². The topological polar surface area (TPSA) is 76.5 Å². The summed E-state index contributed by atoms with van der Waals surface area (Å²) in [5.41, 5.74) is 1.07. The van der Waals surface area contributed by atoms with Crippen LogP contribution < -0.4 is 4.74 Å². The van der Waals surface area contributed by atoms with Gasteiger partial charge in [0.05, 0.1) is 18.6 Å². The van der Waals surface area contributed by atoms with Gasteiger partial charge in [-0.3, -0.25) is 9.69 Å². The first kappa shape index (κ1) is 21.0. The Morgan fingerprint density at radius 1 is 1.14 bits per heavy atom. The van der Waals surface area contributed by atoms with Crippen molar-refractivity contribution >= 4 is 5.97 Å². The summed E-state index contributed by atoms with van der Waals surface area (Å²) in [5.74, 6) is -0.769. The van der Waals surface area contributed by atoms with Crippen molar-refractivity contribution in [1.29, 1.82) is 0 Å². The van der Waals surface area contributed by atoms with Crippen molar-refractivity contribution in [3.8, 4) is 5.75 Å². The average Bonchev–Trinajstić information content (AvgIpc) is 2.69. The molecule has 7 nitrogen and oxygen atoms in total. The minimum Gasteiger partial charge on any atom is -0.493 e. The summed E-state index contributed by atoms with van der Waals surface area (Å²) in [7, 11) is 2.17. The molecular weight excluding hydrogens is 358 g/mol. The van der Waals surface area contributed by atoms with E-state index < -0.39 is 18.0 Å². The predicted octanol–water partition coefficient (Wildman–Crippen LogP) is 0.970. The molecule has 0 bridgehead atoms. The van der Waals surface area contributed by atoms with Crippen LogP contribution >= 0.6 is 0 Å². The van der Waals surface area contributed by atoms with Crippen LogP contribution in [0.1, 0.15) is 18.4 Å². The molecule has 0 radical (unpaired) electrons. The highest BCUT2D eigenvalue weighted by atomic mass is 16.5. The van der Waals surface area contributed by atoms with E-state index in [1.54, 1.807) is 0 Å². The Labute approximate surface area is 167 Å². The number of aliphatic hydroxyl groups is 1. The summed E-state index contributed by atoms with van der Waals surface area (Å²) in [6, 6.07) is 7.98. The van der Waals surface area contributed by atoms with E-state index >= 15 is 0 Å². The molecule has 0 aromatic heterocycles. The van der Waals surface area contributed by atoms with E-state index in [9.17, 15) is 15.0 Å². The first-order valence-electron chi connectivity index (χ1n) is 10.3. The molecule has 7 heteroatoms. The van der Waals surface area contributed by atoms with Gasteiger partial charge in [0.25, 0.3) is 0 Å². The predicted molar refractivity (Wildman–Crippen MR) is 108 cm³/mol. The minimum atomic E-state index is -0.925. The van der Waals surface area contributed by atoms with Gasteiger partial charge in [0.15, 0.2) is 0 Å². The summed E-state index contributed by atoms with van der Waals surface area (Å²) in [4.78, 5) is 18.3. The van der Waals surface area contributed by atoms with Gasteiger partial charge in [-0.15, -0.1) is 0 Å². The van der Waals surface area contributed by atoms with Gasteiger partial charge in [-0.25, -0.2) is 0 Å². The van der Waals surface area contributed by atoms with Gasteiger partial charge in [0, 0.05) is 57.9 Å². The molecule has 2 heterocycles. The lowest BCUT2D eigenvalue weighted by molar-refractivity contribution is -0.149. The van der Waals surface area contributed by atoms with Gasteiger partial charge in [-0.1, -0.05) is 18.2 Å². The summed E-state index contributed by atoms with van der Waals surface area (Å²) in [6.45, 7) is 7.95. The third-order valence-corrected chi connectivity index (χ3v) is 5.82. The van der Waals surface area contributed by atoms with Gasteiger partial charge in [-0.2, -0.15) is 0 Å². The van der Waals surface area contributed by atoms with E-state index in [4.69, 9.17) is 4.74 Å². The fourth-order valence-electron chi connectivity index (χ4n) is 3.95. The van der Waals surface area contributed by atoms with E-state index in [1.165, 1.54) is 0 Å². The molecule has 0 aliphatic carbocycles. The zero-order chi connectivity index (χ0) is 19.9. The highest BCUT2D eigenvalue weighted by Crippen LogP contribution is 2.24. The number of piperidine rings is 1. The number of aliphatic carboxylic acids is 1. The van der Waals surface area contributed by atoms with E-state index in [-0.39, 0.29) is 0 Å². The normalized spacial score (nSPS) is 24.9. The first-order valence-corrected chi connectivity index (χ1v) is 10.3. The number of carboxylic acid groups (broad SMARTS) is 1. The monoisotopic (exact) mass is 391 g/mol. The molecule has 2 fully saturated rings. The number of likely N-dealkylation sites (N-methyl/N-ethyl adjacent to an activating group) is 1. The molecule has 2 atom stereocenters. The lowest BCUT2D eigenvalue weighted by Gasteiger charge is -2.34. The summed E-state index contributed by atoms with van der Waals surface area (Å²) in [5, 5.41) is 19.2. The SMILES string of the molecule is CN1CCN(CCCOc2ccccc2CN2CC[C@H](O)[C@H](C(=O)O)C2)CC1. The lowest BCUT2D eigenvalue weighted by atomic mass is 9.94. The van der Waals surface area contributed by atoms with Gasteiger partial charge in [0.1, 0.15) is 5.75 Å². The molecule has 0 saturated carbocycles. The molecule has 0 amide bonds. The van der Waals surface area contributed by atoms with E-state index in [2.05, 4.69) is 21.7 Å². The number of hydrogen-bond donors (Lipinski definition) is 2. The van der Waals surface area contributed by atoms with Crippen molar-refractivity contribution in [1.82, 2.24) is 14.7 Å². The van der Waals surface area contributed by atoms with E-state index in [0.29, 0.717) is 32.7 Å². The second-order valence-electron chi connectivity index (χ2n) is 7.99. The number of para-hydroxylation sites is 1. The molecule has 2 aliphatic rings. The van der Waals surface area contributed by atoms with E-state index in [1.807, 2.05) is 24.3 Å². The Kier molecular flexibility index (Phi) is 7.67. The standard InChI is InChI=1S/C21H33N3O4/c1-22-10-12-23(13-11-22)8-4-14-28-20-6-3-2-5-17(20)15-24-9-7-19(25)18(16-24)21(26)27/h2-3,5-6,18-19,25H,4,7-16H2,1H3,(H,26,27)/t18-,19+/m1/s1. The number of nitrogens with zero attached hydrogens (tertiary/aromatic N) is 3. The van der Waals surface area contributed by atoms with Crippen molar-refractivity contribution in [3.63, 3.8) is 0 Å². The number of likely N-dealkylation sites (tertiary alicyclic amines) is 1. The fourth-order valence-corrected chi connectivity index (χ4v) is 3.95. The molecule has 2 N–H and O–H groups in total. The Morgan fingerprint density at radius 2 is 1.89 bits per heavy atom. The molecule has 0 spiro atoms. The quantitative estimate of drug-likeness (QED) is 0.640. The number of carbonyl (C=O) groups is 1. The maximum atomic E-state index is 11.3. The van der Waals surface area contributed by atoms with E-state index in [0.717, 1.165) is 50.5 Å². The summed E-state index contributed by atoms with van der Waals surface area (Å²) in [6.07, 6.45) is 0.731. The molecule has 28 heavy (non-hydrogen) atoms. The summed E-state index contributed by atoms with van der Waals surface area (Å²) >= 11 is 0. The van der Waals surface area contributed by atoms with Gasteiger partial charge in [0.2, 0.25) is 0 Å². The number of ether oxygens (including phenoxy) is 1. The minimum absolute atomic E-state index is 0.369. The van der Waals surface area contributed by atoms with Crippen molar-refractivity contribution in [2.75, 3.05) is 59.5 Å². The largest absolute Gasteiger partial charge is 0.493 e. The molecule has 3 rings (SSSR count). The van der Waals surface area contributed by atoms with Gasteiger partial charge in [-0.05, 0) is 26.0 Å². The highest BCUT2D eigenvalue weighted by molar-refractivity contribution is 5.71. The van der Waals surface area contributed by atoms with Crippen LogP contribution in [0.3, 0.4) is 0 Å². The second kappa shape index (κ2) is 10.2. The molecule has 1 aromatic rings. The van der Waals surface area contributed by atoms with Crippen molar-refractivity contribution < 1.29 is 19.7 Å². The zero-order valence-corrected chi connectivity index (χ0v) is 16.8. The lowest BCUT2D eigenvalue weighted by Crippen LogP contribution is -2.46. The summed E-state index contributed by atoms with van der Waals surface area (Å²) < 4.78 is 6.06. The van der Waals surface area contributed by atoms with Crippen molar-refractivity contribution in [3.05, 3.63) is 29.8 Å². The molecule has 156 valence electrons. The average molecular weight is 392 g/mol. The second-order valence-corrected chi connectivity index (χ2v) is 7.99. The molecule has 0 unspecified atom stereocenters. The number of carboxylic acids is 1. The van der Waals surface area contributed by atoms with Crippen molar-refractivity contribution in [2.45, 2.75) is 25.5 Å². The zero-order valence-electron chi connectivity index (χ0n) is 16.8. The first-order chi connectivity index (χ1) is 13.5. The maximum Gasteiger partial charge on any atom is 0.310 e. The Hall–Kier alpha value is -1.67. The van der Waals surface area contributed by atoms with Crippen molar-refractivity contribution in [2.24, 2.45) is 5.92 Å². The van der Waals surface area contributed by atoms with Crippen LogP contribution in [0.2, 0.25) is 0 Å². The van der Waals surface area contributed by atoms with Crippen LogP contribution in [0.15, 0.2) is 24.3 Å². The highest BCUT2D eigenvalue weighted by Gasteiger charge is 2.33. The Bertz CT molecular complexity index is 634. The Balaban J connectivity index is 1.47. The van der Waals surface area contributed by atoms with Crippen LogP contribution in [0, 0.1) is 5.92 Å². The smallest absolute Gasteiger partial charge is 0.310 e. The number of rotatable bonds is 8. The molecular formula is C21H33N3O4. The maximum absolute atomic E-state index is 11.3. The fraction of sp³-hybridized carbons (Fsp3) is 0.667. The molecule has 2 saturated heterocycles. The number of piperazine rings is 1.